The van der Waals surface area contributed by atoms with Gasteiger partial charge in [0.2, 0.25) is 5.91 Å². The number of ether oxygens (including phenoxy) is 1. The SMILES string of the molecule is COCC(=O)N1CCc2sccc2[C@H]1c1ccc(NCc2ccc(F)c(F)c2)cc1. The minimum Gasteiger partial charge on any atom is -0.381 e. The van der Waals surface area contributed by atoms with Crippen LogP contribution in [0.5, 0.6) is 0 Å². The topological polar surface area (TPSA) is 41.6 Å². The van der Waals surface area contributed by atoms with Crippen molar-refractivity contribution in [2.45, 2.75) is 19.0 Å². The molecule has 1 aromatic heterocycles. The molecule has 156 valence electrons. The second kappa shape index (κ2) is 8.93. The average Bonchev–Trinajstić information content (AvgIpc) is 3.23. The lowest BCUT2D eigenvalue weighted by molar-refractivity contribution is -0.137. The van der Waals surface area contributed by atoms with Gasteiger partial charge in [-0.25, -0.2) is 8.78 Å². The fourth-order valence-corrected chi connectivity index (χ4v) is 4.69. The van der Waals surface area contributed by atoms with Gasteiger partial charge in [-0.2, -0.15) is 0 Å². The summed E-state index contributed by atoms with van der Waals surface area (Å²) >= 11 is 1.72. The minimum atomic E-state index is -0.852. The van der Waals surface area contributed by atoms with Crippen molar-refractivity contribution in [1.29, 1.82) is 0 Å². The molecule has 1 atom stereocenters. The second-order valence-electron chi connectivity index (χ2n) is 7.20. The van der Waals surface area contributed by atoms with E-state index in [0.717, 1.165) is 29.3 Å². The maximum Gasteiger partial charge on any atom is 0.249 e. The van der Waals surface area contributed by atoms with Crippen molar-refractivity contribution in [1.82, 2.24) is 4.90 Å². The molecule has 30 heavy (non-hydrogen) atoms. The van der Waals surface area contributed by atoms with Crippen LogP contribution in [0.25, 0.3) is 0 Å². The molecule has 1 amide bonds. The van der Waals surface area contributed by atoms with Crippen LogP contribution in [0.4, 0.5) is 14.5 Å². The van der Waals surface area contributed by atoms with Crippen LogP contribution in [0.15, 0.2) is 53.9 Å². The zero-order valence-electron chi connectivity index (χ0n) is 16.5. The molecule has 4 rings (SSSR count). The van der Waals surface area contributed by atoms with Crippen LogP contribution in [0.3, 0.4) is 0 Å². The highest BCUT2D eigenvalue weighted by molar-refractivity contribution is 7.10. The maximum atomic E-state index is 13.4. The Bertz CT molecular complexity index is 1040. The Morgan fingerprint density at radius 3 is 2.70 bits per heavy atom. The second-order valence-corrected chi connectivity index (χ2v) is 8.20. The molecule has 1 aliphatic rings. The largest absolute Gasteiger partial charge is 0.381 e. The van der Waals surface area contributed by atoms with E-state index in [9.17, 15) is 13.6 Å². The molecule has 0 spiro atoms. The summed E-state index contributed by atoms with van der Waals surface area (Å²) in [5.74, 6) is -1.73. The molecular weight excluding hydrogens is 406 g/mol. The number of hydrogen-bond donors (Lipinski definition) is 1. The van der Waals surface area contributed by atoms with E-state index in [1.165, 1.54) is 18.1 Å². The first kappa shape index (κ1) is 20.5. The van der Waals surface area contributed by atoms with Crippen LogP contribution in [0.1, 0.15) is 27.6 Å². The van der Waals surface area contributed by atoms with E-state index in [2.05, 4.69) is 16.8 Å². The lowest BCUT2D eigenvalue weighted by Gasteiger charge is -2.36. The third-order valence-corrected chi connectivity index (χ3v) is 6.26. The van der Waals surface area contributed by atoms with Crippen LogP contribution < -0.4 is 5.32 Å². The van der Waals surface area contributed by atoms with Gasteiger partial charge in [-0.3, -0.25) is 4.79 Å². The normalized spacial score (nSPS) is 15.7. The number of fused-ring (bicyclic) bond motifs is 1. The predicted octanol–water partition coefficient (Wildman–Crippen LogP) is 4.76. The van der Waals surface area contributed by atoms with Gasteiger partial charge in [0.05, 0.1) is 6.04 Å². The third kappa shape index (κ3) is 4.22. The standard InChI is InChI=1S/C23H22F2N2O2S/c1-29-14-22(28)27-10-8-21-18(9-11-30-21)23(27)16-3-5-17(6-4-16)26-13-15-2-7-19(24)20(25)12-15/h2-7,9,11-12,23,26H,8,10,13-14H2,1H3/t23-/m1/s1. The number of carbonyl (C=O) groups excluding carboxylic acids is 1. The van der Waals surface area contributed by atoms with Crippen LogP contribution in [0.2, 0.25) is 0 Å². The number of amides is 1. The lowest BCUT2D eigenvalue weighted by Crippen LogP contribution is -2.41. The molecule has 0 aliphatic carbocycles. The minimum absolute atomic E-state index is 0.0279. The Kier molecular flexibility index (Phi) is 6.11. The molecule has 3 aromatic rings. The van der Waals surface area contributed by atoms with E-state index in [-0.39, 0.29) is 18.6 Å². The number of thiophene rings is 1. The van der Waals surface area contributed by atoms with Gasteiger partial charge in [0.15, 0.2) is 11.6 Å². The molecule has 0 saturated carbocycles. The number of nitrogens with one attached hydrogen (secondary N) is 1. The first-order valence-corrected chi connectivity index (χ1v) is 10.6. The molecule has 2 aromatic carbocycles. The monoisotopic (exact) mass is 428 g/mol. The first-order chi connectivity index (χ1) is 14.6. The fourth-order valence-electron chi connectivity index (χ4n) is 3.79. The van der Waals surface area contributed by atoms with Crippen molar-refractivity contribution in [2.75, 3.05) is 25.6 Å². The molecule has 1 aliphatic heterocycles. The van der Waals surface area contributed by atoms with E-state index in [1.807, 2.05) is 29.2 Å². The number of hydrogen-bond acceptors (Lipinski definition) is 4. The van der Waals surface area contributed by atoms with Gasteiger partial charge in [0.1, 0.15) is 6.61 Å². The molecule has 0 bridgehead atoms. The Morgan fingerprint density at radius 2 is 1.97 bits per heavy atom. The van der Waals surface area contributed by atoms with Crippen molar-refractivity contribution >= 4 is 22.9 Å². The van der Waals surface area contributed by atoms with Gasteiger partial charge in [-0.1, -0.05) is 18.2 Å². The van der Waals surface area contributed by atoms with E-state index in [1.54, 1.807) is 17.4 Å². The van der Waals surface area contributed by atoms with Crippen LogP contribution >= 0.6 is 11.3 Å². The van der Waals surface area contributed by atoms with Gasteiger partial charge >= 0.3 is 0 Å². The molecular formula is C23H22F2N2O2S. The fraction of sp³-hybridized carbons (Fsp3) is 0.261. The van der Waals surface area contributed by atoms with Crippen LogP contribution in [-0.2, 0) is 22.5 Å². The summed E-state index contributed by atoms with van der Waals surface area (Å²) in [6.07, 6.45) is 0.854. The molecule has 7 heteroatoms. The number of carbonyl (C=O) groups is 1. The van der Waals surface area contributed by atoms with Gasteiger partial charge in [0, 0.05) is 30.8 Å². The Hall–Kier alpha value is -2.77. The zero-order valence-corrected chi connectivity index (χ0v) is 17.3. The quantitative estimate of drug-likeness (QED) is 0.616. The highest BCUT2D eigenvalue weighted by Gasteiger charge is 2.32. The molecule has 1 N–H and O–H groups in total. The first-order valence-electron chi connectivity index (χ1n) is 9.69. The summed E-state index contributed by atoms with van der Waals surface area (Å²) < 4.78 is 31.5. The third-order valence-electron chi connectivity index (χ3n) is 5.26. The smallest absolute Gasteiger partial charge is 0.249 e. The number of anilines is 1. The maximum absolute atomic E-state index is 13.4. The van der Waals surface area contributed by atoms with Crippen LogP contribution in [0, 0.1) is 11.6 Å². The Labute approximate surface area is 178 Å². The number of benzene rings is 2. The molecule has 4 nitrogen and oxygen atoms in total. The summed E-state index contributed by atoms with van der Waals surface area (Å²) in [5.41, 5.74) is 3.71. The summed E-state index contributed by atoms with van der Waals surface area (Å²) in [7, 11) is 1.53. The summed E-state index contributed by atoms with van der Waals surface area (Å²) in [6, 6.07) is 13.7. The van der Waals surface area contributed by atoms with Gasteiger partial charge in [-0.05, 0) is 58.8 Å². The van der Waals surface area contributed by atoms with Crippen molar-refractivity contribution in [3.05, 3.63) is 87.1 Å². The highest BCUT2D eigenvalue weighted by Crippen LogP contribution is 2.38. The molecule has 0 unspecified atom stereocenters. The van der Waals surface area contributed by atoms with Gasteiger partial charge in [-0.15, -0.1) is 11.3 Å². The number of rotatable bonds is 6. The van der Waals surface area contributed by atoms with Crippen LogP contribution in [-0.4, -0.2) is 31.1 Å². The van der Waals surface area contributed by atoms with Crippen molar-refractivity contribution in [3.63, 3.8) is 0 Å². The molecule has 2 heterocycles. The van der Waals surface area contributed by atoms with Crippen molar-refractivity contribution < 1.29 is 18.3 Å². The van der Waals surface area contributed by atoms with Crippen molar-refractivity contribution in [2.24, 2.45) is 0 Å². The van der Waals surface area contributed by atoms with Crippen molar-refractivity contribution in [3.8, 4) is 0 Å². The summed E-state index contributed by atoms with van der Waals surface area (Å²) in [5, 5.41) is 5.29. The van der Waals surface area contributed by atoms with Gasteiger partial charge in [0.25, 0.3) is 0 Å². The summed E-state index contributed by atoms with van der Waals surface area (Å²) in [4.78, 5) is 15.8. The predicted molar refractivity (Wildman–Crippen MR) is 114 cm³/mol. The Balaban J connectivity index is 1.52. The summed E-state index contributed by atoms with van der Waals surface area (Å²) in [6.45, 7) is 1.10. The Morgan fingerprint density at radius 1 is 1.17 bits per heavy atom. The number of nitrogens with zero attached hydrogens (tertiary/aromatic N) is 1. The van der Waals surface area contributed by atoms with E-state index < -0.39 is 11.6 Å². The zero-order chi connectivity index (χ0) is 21.1. The van der Waals surface area contributed by atoms with E-state index in [0.29, 0.717) is 18.7 Å². The molecule has 0 fully saturated rings. The number of halogens is 2. The average molecular weight is 429 g/mol. The molecule has 0 saturated heterocycles. The number of methoxy groups -OCH3 is 1. The molecule has 0 radical (unpaired) electrons. The van der Waals surface area contributed by atoms with Gasteiger partial charge < -0.3 is 15.0 Å². The van der Waals surface area contributed by atoms with E-state index in [4.69, 9.17) is 4.74 Å². The van der Waals surface area contributed by atoms with E-state index >= 15 is 0 Å². The lowest BCUT2D eigenvalue weighted by atomic mass is 9.93. The highest BCUT2D eigenvalue weighted by atomic mass is 32.1.